The molecule has 0 amide bonds. The molecular weight excluding hydrogens is 401 g/mol. The van der Waals surface area contributed by atoms with Crippen LogP contribution in [-0.2, 0) is 17.7 Å². The van der Waals surface area contributed by atoms with Crippen LogP contribution in [0.3, 0.4) is 0 Å². The van der Waals surface area contributed by atoms with E-state index in [0.29, 0.717) is 22.8 Å². The number of nitrogens with one attached hydrogen (secondary N) is 1. The standard InChI is InChI=1S/C16H23FN5O4Si2/c1-8(2)28-23-6-10-12(25-27-26-28)16(4,17)15(24-10)22-7-19-11-13(18-5)20-9(3)21-14(11)22/h7-8,10,12,15H,6H2,1-5H3,(H,18,20,21)/t10-,12-,15-,16-/m1/s1. The molecular formula is C16H23FN5O4Si2. The third-order valence-corrected chi connectivity index (χ3v) is 7.76. The molecule has 2 aliphatic rings. The van der Waals surface area contributed by atoms with E-state index >= 15 is 4.39 Å². The van der Waals surface area contributed by atoms with Gasteiger partial charge in [0.05, 0.1) is 12.9 Å². The molecule has 0 aromatic carbocycles. The SMILES string of the molecule is CNc1nc(C)nc2c1ncn2[C@@H]1O[C@@H]2CO[Si](C(C)C)O[Si]O[C@H]2[C@@]1(C)F. The topological polar surface area (TPSA) is 92.6 Å². The van der Waals surface area contributed by atoms with E-state index in [4.69, 9.17) is 17.7 Å². The first kappa shape index (κ1) is 19.9. The van der Waals surface area contributed by atoms with Gasteiger partial charge in [-0.15, -0.1) is 0 Å². The fourth-order valence-electron chi connectivity index (χ4n) is 3.50. The van der Waals surface area contributed by atoms with Crippen LogP contribution < -0.4 is 5.32 Å². The van der Waals surface area contributed by atoms with Crippen molar-refractivity contribution in [3.05, 3.63) is 12.2 Å². The van der Waals surface area contributed by atoms with Gasteiger partial charge in [0.15, 0.2) is 28.9 Å². The first-order valence-electron chi connectivity index (χ1n) is 9.13. The number of hydrogen-bond acceptors (Lipinski definition) is 8. The first-order valence-corrected chi connectivity index (χ1v) is 11.3. The Morgan fingerprint density at radius 2 is 2.21 bits per heavy atom. The van der Waals surface area contributed by atoms with Gasteiger partial charge in [-0.2, -0.15) is 0 Å². The second kappa shape index (κ2) is 7.42. The summed E-state index contributed by atoms with van der Waals surface area (Å²) in [6, 6.07) is 0. The molecule has 12 heteroatoms. The van der Waals surface area contributed by atoms with Crippen LogP contribution in [0.4, 0.5) is 10.2 Å². The molecule has 0 saturated carbocycles. The number of fused-ring (bicyclic) bond motifs is 2. The molecule has 9 nitrogen and oxygen atoms in total. The minimum absolute atomic E-state index is 0.222. The van der Waals surface area contributed by atoms with Crippen molar-refractivity contribution < 1.29 is 22.1 Å². The highest BCUT2D eigenvalue weighted by atomic mass is 28.4. The van der Waals surface area contributed by atoms with Gasteiger partial charge in [-0.1, -0.05) is 13.8 Å². The summed E-state index contributed by atoms with van der Waals surface area (Å²) in [6.45, 7) is 7.55. The van der Waals surface area contributed by atoms with E-state index in [1.807, 2.05) is 13.8 Å². The zero-order valence-corrected chi connectivity index (χ0v) is 18.4. The van der Waals surface area contributed by atoms with E-state index in [1.165, 1.54) is 13.3 Å². The molecule has 3 radical (unpaired) electrons. The van der Waals surface area contributed by atoms with Gasteiger partial charge in [-0.3, -0.25) is 4.57 Å². The number of aromatic nitrogens is 4. The molecule has 0 aliphatic carbocycles. The van der Waals surface area contributed by atoms with Gasteiger partial charge in [-0.25, -0.2) is 19.3 Å². The molecule has 2 aliphatic heterocycles. The van der Waals surface area contributed by atoms with Gasteiger partial charge in [0.1, 0.15) is 18.0 Å². The van der Waals surface area contributed by atoms with Crippen molar-refractivity contribution in [1.29, 1.82) is 0 Å². The summed E-state index contributed by atoms with van der Waals surface area (Å²) in [4.78, 5) is 13.2. The van der Waals surface area contributed by atoms with Crippen LogP contribution in [0.25, 0.3) is 11.2 Å². The Morgan fingerprint density at radius 3 is 2.93 bits per heavy atom. The van der Waals surface area contributed by atoms with Gasteiger partial charge >= 0.3 is 19.3 Å². The average Bonchev–Trinajstić information content (AvgIpc) is 3.12. The maximum atomic E-state index is 15.9. The summed E-state index contributed by atoms with van der Waals surface area (Å²) in [6.07, 6.45) is -0.771. The zero-order valence-electron chi connectivity index (χ0n) is 16.4. The fraction of sp³-hybridized carbons (Fsp3) is 0.688. The summed E-state index contributed by atoms with van der Waals surface area (Å²) in [5.41, 5.74) is -0.501. The van der Waals surface area contributed by atoms with E-state index < -0.39 is 33.4 Å². The van der Waals surface area contributed by atoms with Gasteiger partial charge in [0.2, 0.25) is 0 Å². The van der Waals surface area contributed by atoms with Crippen molar-refractivity contribution >= 4 is 36.3 Å². The molecule has 2 fully saturated rings. The number of hydrogen-bond donors (Lipinski definition) is 1. The fourth-order valence-corrected chi connectivity index (χ4v) is 6.34. The van der Waals surface area contributed by atoms with E-state index in [2.05, 4.69) is 20.3 Å². The Hall–Kier alpha value is -1.45. The number of alkyl halides is 1. The molecule has 4 atom stereocenters. The van der Waals surface area contributed by atoms with E-state index in [9.17, 15) is 0 Å². The monoisotopic (exact) mass is 424 g/mol. The summed E-state index contributed by atoms with van der Waals surface area (Å²) in [5.74, 6) is 1.14. The van der Waals surface area contributed by atoms with Crippen LogP contribution in [0.5, 0.6) is 0 Å². The Bertz CT molecular complexity index is 867. The number of rotatable bonds is 3. The van der Waals surface area contributed by atoms with Crippen LogP contribution in [0.1, 0.15) is 32.8 Å². The lowest BCUT2D eigenvalue weighted by Crippen LogP contribution is -2.47. The minimum atomic E-state index is -1.82. The Morgan fingerprint density at radius 1 is 1.43 bits per heavy atom. The lowest BCUT2D eigenvalue weighted by Gasteiger charge is -2.30. The summed E-state index contributed by atoms with van der Waals surface area (Å²) in [7, 11) is -0.00871. The third-order valence-electron chi connectivity index (χ3n) is 4.88. The third kappa shape index (κ3) is 3.27. The molecule has 151 valence electrons. The van der Waals surface area contributed by atoms with Gasteiger partial charge < -0.3 is 23.0 Å². The normalized spacial score (nSPS) is 31.8. The highest BCUT2D eigenvalue weighted by molar-refractivity contribution is 6.52. The molecule has 2 aromatic heterocycles. The van der Waals surface area contributed by atoms with Crippen LogP contribution >= 0.6 is 0 Å². The average molecular weight is 425 g/mol. The minimum Gasteiger partial charge on any atom is -0.412 e. The van der Waals surface area contributed by atoms with Crippen molar-refractivity contribution in [3.8, 4) is 0 Å². The van der Waals surface area contributed by atoms with Crippen molar-refractivity contribution in [2.45, 2.75) is 57.3 Å². The van der Waals surface area contributed by atoms with Crippen LogP contribution in [-0.4, -0.2) is 70.3 Å². The molecule has 1 N–H and O–H groups in total. The van der Waals surface area contributed by atoms with Crippen LogP contribution in [0.15, 0.2) is 6.33 Å². The molecule has 28 heavy (non-hydrogen) atoms. The second-order valence-corrected chi connectivity index (χ2v) is 10.7. The zero-order chi connectivity index (χ0) is 20.1. The Balaban J connectivity index is 1.68. The number of imidazole rings is 1. The van der Waals surface area contributed by atoms with Crippen molar-refractivity contribution in [1.82, 2.24) is 19.5 Å². The Kier molecular flexibility index (Phi) is 5.26. The molecule has 2 aromatic rings. The summed E-state index contributed by atoms with van der Waals surface area (Å²) in [5, 5.41) is 3.00. The van der Waals surface area contributed by atoms with E-state index in [0.717, 1.165) is 0 Å². The molecule has 0 bridgehead atoms. The lowest BCUT2D eigenvalue weighted by atomic mass is 9.98. The molecule has 4 heterocycles. The first-order chi connectivity index (χ1) is 13.3. The highest BCUT2D eigenvalue weighted by Gasteiger charge is 2.57. The number of anilines is 1. The van der Waals surface area contributed by atoms with Crippen LogP contribution in [0.2, 0.25) is 5.54 Å². The molecule has 4 rings (SSSR count). The summed E-state index contributed by atoms with van der Waals surface area (Å²) < 4.78 is 41.0. The summed E-state index contributed by atoms with van der Waals surface area (Å²) >= 11 is 0. The van der Waals surface area contributed by atoms with Crippen molar-refractivity contribution in [3.63, 3.8) is 0 Å². The highest BCUT2D eigenvalue weighted by Crippen LogP contribution is 2.44. The van der Waals surface area contributed by atoms with Crippen molar-refractivity contribution in [2.24, 2.45) is 0 Å². The number of aryl methyl sites for hydroxylation is 1. The lowest BCUT2D eigenvalue weighted by molar-refractivity contribution is -0.0561. The second-order valence-electron chi connectivity index (χ2n) is 7.38. The van der Waals surface area contributed by atoms with Gasteiger partial charge in [-0.05, 0) is 19.4 Å². The smallest absolute Gasteiger partial charge is 0.412 e. The quantitative estimate of drug-likeness (QED) is 0.744. The van der Waals surface area contributed by atoms with E-state index in [1.54, 1.807) is 18.5 Å². The van der Waals surface area contributed by atoms with E-state index in [-0.39, 0.29) is 22.2 Å². The number of halogens is 1. The van der Waals surface area contributed by atoms with Gasteiger partial charge in [0.25, 0.3) is 0 Å². The number of nitrogens with zero attached hydrogens (tertiary/aromatic N) is 4. The Labute approximate surface area is 166 Å². The maximum absolute atomic E-state index is 15.9. The molecule has 0 unspecified atom stereocenters. The van der Waals surface area contributed by atoms with Gasteiger partial charge in [0, 0.05) is 7.05 Å². The van der Waals surface area contributed by atoms with Crippen molar-refractivity contribution in [2.75, 3.05) is 19.0 Å². The predicted octanol–water partition coefficient (Wildman–Crippen LogP) is 1.67. The molecule has 2 saturated heterocycles. The number of ether oxygens (including phenoxy) is 1. The molecule has 0 spiro atoms. The van der Waals surface area contributed by atoms with Crippen LogP contribution in [0, 0.1) is 6.92 Å². The predicted molar refractivity (Wildman–Crippen MR) is 102 cm³/mol. The maximum Gasteiger partial charge on any atom is 0.423 e. The largest absolute Gasteiger partial charge is 0.423 e.